The van der Waals surface area contributed by atoms with Crippen LogP contribution in [0.4, 0.5) is 17.6 Å². The van der Waals surface area contributed by atoms with E-state index in [2.05, 4.69) is 19.9 Å². The first kappa shape index (κ1) is 24.0. The first-order chi connectivity index (χ1) is 15.6. The molecule has 0 radical (unpaired) electrons. The minimum atomic E-state index is -3.25. The number of ether oxygens (including phenoxy) is 1. The molecule has 0 aliphatic carbocycles. The van der Waals surface area contributed by atoms with Crippen molar-refractivity contribution in [2.45, 2.75) is 32.7 Å². The molecule has 0 bridgehead atoms. The van der Waals surface area contributed by atoms with Crippen LogP contribution in [0.1, 0.15) is 36.7 Å². The van der Waals surface area contributed by atoms with Crippen LogP contribution in [0.15, 0.2) is 43.0 Å². The number of likely N-dealkylation sites (N-methyl/N-ethyl adjacent to an activating group) is 1. The smallest absolute Gasteiger partial charge is 0.272 e. The zero-order valence-electron chi connectivity index (χ0n) is 18.1. The zero-order chi connectivity index (χ0) is 24.2. The molecule has 0 saturated carbocycles. The fourth-order valence-electron chi connectivity index (χ4n) is 3.07. The molecular formula is C22H21F4N5O2. The number of alkyl halides is 2. The summed E-state index contributed by atoms with van der Waals surface area (Å²) in [5.41, 5.74) is -0.522. The number of halogens is 4. The molecule has 3 aromatic heterocycles. The van der Waals surface area contributed by atoms with E-state index in [-0.39, 0.29) is 30.2 Å². The Hall–Kier alpha value is -3.63. The van der Waals surface area contributed by atoms with E-state index in [9.17, 15) is 22.4 Å². The van der Waals surface area contributed by atoms with Gasteiger partial charge in [-0.2, -0.15) is 0 Å². The SMILES string of the molecule is CCN(C(=O)c1cc(F)cnc1-c1ncccn1)[C@@H](C)COc1ncc(C(C)(F)F)cc1F. The molecule has 11 heteroatoms. The monoisotopic (exact) mass is 463 g/mol. The molecule has 0 fully saturated rings. The first-order valence-electron chi connectivity index (χ1n) is 10.0. The summed E-state index contributed by atoms with van der Waals surface area (Å²) in [7, 11) is 0. The highest BCUT2D eigenvalue weighted by Gasteiger charge is 2.28. The van der Waals surface area contributed by atoms with E-state index in [0.717, 1.165) is 18.5 Å². The second kappa shape index (κ2) is 9.88. The molecule has 3 rings (SSSR count). The number of carbonyl (C=O) groups excluding carboxylic acids is 1. The van der Waals surface area contributed by atoms with Crippen molar-refractivity contribution in [1.82, 2.24) is 24.8 Å². The number of hydrogen-bond acceptors (Lipinski definition) is 6. The summed E-state index contributed by atoms with van der Waals surface area (Å²) in [5, 5.41) is 0. The van der Waals surface area contributed by atoms with Crippen LogP contribution in [0.3, 0.4) is 0 Å². The first-order valence-corrected chi connectivity index (χ1v) is 10.0. The molecule has 3 heterocycles. The number of pyridine rings is 2. The summed E-state index contributed by atoms with van der Waals surface area (Å²) in [4.78, 5) is 30.3. The predicted octanol–water partition coefficient (Wildman–Crippen LogP) is 4.25. The Balaban J connectivity index is 1.80. The van der Waals surface area contributed by atoms with Crippen LogP contribution < -0.4 is 4.74 Å². The van der Waals surface area contributed by atoms with Gasteiger partial charge < -0.3 is 9.64 Å². The third-order valence-corrected chi connectivity index (χ3v) is 4.77. The Kier molecular flexibility index (Phi) is 7.19. The van der Waals surface area contributed by atoms with Gasteiger partial charge in [0.05, 0.1) is 17.8 Å². The van der Waals surface area contributed by atoms with Crippen LogP contribution >= 0.6 is 0 Å². The highest BCUT2D eigenvalue weighted by Crippen LogP contribution is 2.29. The van der Waals surface area contributed by atoms with Crippen LogP contribution in [0, 0.1) is 11.6 Å². The van der Waals surface area contributed by atoms with Crippen molar-refractivity contribution in [3.8, 4) is 17.4 Å². The molecule has 0 aliphatic rings. The Bertz CT molecular complexity index is 1130. The minimum Gasteiger partial charge on any atom is -0.473 e. The lowest BCUT2D eigenvalue weighted by atomic mass is 10.1. The third kappa shape index (κ3) is 5.60. The lowest BCUT2D eigenvalue weighted by Gasteiger charge is -2.28. The number of hydrogen-bond donors (Lipinski definition) is 0. The standard InChI is InChI=1S/C22H21F4N5O2/c1-4-31(13(2)12-33-20-17(24)8-14(10-30-20)22(3,25)26)21(32)16-9-15(23)11-29-18(16)19-27-6-5-7-28-19/h5-11,13H,4,12H2,1-3H3/t13-/m0/s1. The van der Waals surface area contributed by atoms with Crippen LogP contribution in [-0.2, 0) is 5.92 Å². The normalized spacial score (nSPS) is 12.3. The Labute approximate surface area is 187 Å². The van der Waals surface area contributed by atoms with Gasteiger partial charge in [0.2, 0.25) is 5.88 Å². The van der Waals surface area contributed by atoms with Crippen molar-refractivity contribution in [2.75, 3.05) is 13.2 Å². The van der Waals surface area contributed by atoms with E-state index in [0.29, 0.717) is 13.0 Å². The summed E-state index contributed by atoms with van der Waals surface area (Å²) >= 11 is 0. The second-order valence-electron chi connectivity index (χ2n) is 7.27. The largest absolute Gasteiger partial charge is 0.473 e. The Morgan fingerprint density at radius 3 is 2.42 bits per heavy atom. The molecule has 1 atom stereocenters. The van der Waals surface area contributed by atoms with Crippen molar-refractivity contribution in [1.29, 1.82) is 0 Å². The van der Waals surface area contributed by atoms with Crippen molar-refractivity contribution >= 4 is 5.91 Å². The lowest BCUT2D eigenvalue weighted by Crippen LogP contribution is -2.42. The summed E-state index contributed by atoms with van der Waals surface area (Å²) in [6.45, 7) is 4.00. The van der Waals surface area contributed by atoms with Gasteiger partial charge in [-0.05, 0) is 32.0 Å². The van der Waals surface area contributed by atoms with Gasteiger partial charge in [0, 0.05) is 37.6 Å². The minimum absolute atomic E-state index is 0.0475. The molecule has 0 aromatic carbocycles. The maximum atomic E-state index is 14.2. The van der Waals surface area contributed by atoms with Crippen molar-refractivity contribution < 1.29 is 27.1 Å². The molecule has 1 amide bonds. The summed E-state index contributed by atoms with van der Waals surface area (Å²) in [6.07, 6.45) is 4.73. The lowest BCUT2D eigenvalue weighted by molar-refractivity contribution is 0.0165. The van der Waals surface area contributed by atoms with E-state index >= 15 is 0 Å². The molecule has 3 aromatic rings. The third-order valence-electron chi connectivity index (χ3n) is 4.77. The molecule has 174 valence electrons. The van der Waals surface area contributed by atoms with Crippen LogP contribution in [0.2, 0.25) is 0 Å². The van der Waals surface area contributed by atoms with Crippen LogP contribution in [0.5, 0.6) is 5.88 Å². The summed E-state index contributed by atoms with van der Waals surface area (Å²) < 4.78 is 60.1. The average Bonchev–Trinajstić information content (AvgIpc) is 2.78. The summed E-state index contributed by atoms with van der Waals surface area (Å²) in [5.74, 6) is -5.88. The molecular weight excluding hydrogens is 442 g/mol. The maximum absolute atomic E-state index is 14.2. The Morgan fingerprint density at radius 1 is 1.12 bits per heavy atom. The van der Waals surface area contributed by atoms with Crippen molar-refractivity contribution in [3.63, 3.8) is 0 Å². The van der Waals surface area contributed by atoms with Gasteiger partial charge in [-0.15, -0.1) is 0 Å². The zero-order valence-corrected chi connectivity index (χ0v) is 18.1. The van der Waals surface area contributed by atoms with Crippen LogP contribution in [-0.4, -0.2) is 49.9 Å². The number of nitrogens with zero attached hydrogens (tertiary/aromatic N) is 5. The summed E-state index contributed by atoms with van der Waals surface area (Å²) in [6, 6.07) is 2.68. The van der Waals surface area contributed by atoms with E-state index in [1.165, 1.54) is 17.3 Å². The van der Waals surface area contributed by atoms with Gasteiger partial charge >= 0.3 is 0 Å². The molecule has 0 aliphatic heterocycles. The van der Waals surface area contributed by atoms with Gasteiger partial charge in [-0.1, -0.05) is 0 Å². The van der Waals surface area contributed by atoms with Gasteiger partial charge in [0.25, 0.3) is 11.8 Å². The van der Waals surface area contributed by atoms with Gasteiger partial charge in [-0.25, -0.2) is 37.5 Å². The van der Waals surface area contributed by atoms with E-state index in [1.54, 1.807) is 19.9 Å². The Morgan fingerprint density at radius 2 is 1.82 bits per heavy atom. The topological polar surface area (TPSA) is 81.1 Å². The number of aromatic nitrogens is 4. The molecule has 0 saturated heterocycles. The number of rotatable bonds is 8. The quantitative estimate of drug-likeness (QED) is 0.465. The fourth-order valence-corrected chi connectivity index (χ4v) is 3.07. The van der Waals surface area contributed by atoms with Crippen LogP contribution in [0.25, 0.3) is 11.5 Å². The highest BCUT2D eigenvalue weighted by molar-refractivity contribution is 5.99. The molecule has 0 spiro atoms. The fraction of sp³-hybridized carbons (Fsp3) is 0.318. The van der Waals surface area contributed by atoms with Gasteiger partial charge in [-0.3, -0.25) is 4.79 Å². The highest BCUT2D eigenvalue weighted by atomic mass is 19.3. The maximum Gasteiger partial charge on any atom is 0.272 e. The molecule has 7 nitrogen and oxygen atoms in total. The van der Waals surface area contributed by atoms with E-state index in [4.69, 9.17) is 4.74 Å². The second-order valence-corrected chi connectivity index (χ2v) is 7.27. The predicted molar refractivity (Wildman–Crippen MR) is 111 cm³/mol. The number of carbonyl (C=O) groups is 1. The van der Waals surface area contributed by atoms with Crippen molar-refractivity contribution in [2.24, 2.45) is 0 Å². The van der Waals surface area contributed by atoms with E-state index < -0.39 is 40.9 Å². The molecule has 0 unspecified atom stereocenters. The van der Waals surface area contributed by atoms with Gasteiger partial charge in [0.15, 0.2) is 11.6 Å². The molecule has 33 heavy (non-hydrogen) atoms. The van der Waals surface area contributed by atoms with Gasteiger partial charge in [0.1, 0.15) is 18.1 Å². The number of amides is 1. The molecule has 0 N–H and O–H groups in total. The average molecular weight is 463 g/mol. The van der Waals surface area contributed by atoms with E-state index in [1.807, 2.05) is 0 Å². The van der Waals surface area contributed by atoms with Crippen molar-refractivity contribution in [3.05, 3.63) is 65.7 Å².